The Kier molecular flexibility index (Phi) is 6.61. The topological polar surface area (TPSA) is 65.7 Å². The van der Waals surface area contributed by atoms with Crippen LogP contribution in [0, 0.1) is 0 Å². The van der Waals surface area contributed by atoms with E-state index in [1.165, 1.54) is 11.7 Å². The lowest BCUT2D eigenvalue weighted by Gasteiger charge is -2.13. The molecule has 0 aromatic carbocycles. The second-order valence-electron chi connectivity index (χ2n) is 3.76. The summed E-state index contributed by atoms with van der Waals surface area (Å²) in [5.74, 6) is -0.818. The van der Waals surface area contributed by atoms with Crippen molar-refractivity contribution in [3.63, 3.8) is 0 Å². The first-order chi connectivity index (χ1) is 10.0. The minimum absolute atomic E-state index is 0.0621. The first-order valence-corrected chi connectivity index (χ1v) is 6.77. The second-order valence-corrected chi connectivity index (χ2v) is 4.17. The number of pyridine rings is 1. The number of nitrogens with zero attached hydrogens (tertiary/aromatic N) is 1. The number of ether oxygens (including phenoxy) is 3. The number of aromatic nitrogens is 1. The van der Waals surface area contributed by atoms with Crippen LogP contribution in [0.15, 0.2) is 29.4 Å². The van der Waals surface area contributed by atoms with E-state index in [0.29, 0.717) is 5.75 Å². The van der Waals surface area contributed by atoms with Gasteiger partial charge in [0.25, 0.3) is 5.70 Å². The molecule has 0 bridgehead atoms. The fourth-order valence-electron chi connectivity index (χ4n) is 1.51. The van der Waals surface area contributed by atoms with Gasteiger partial charge in [-0.2, -0.15) is 4.57 Å². The summed E-state index contributed by atoms with van der Waals surface area (Å²) in [5.41, 5.74) is -0.0621. The summed E-state index contributed by atoms with van der Waals surface area (Å²) in [7, 11) is 1.53. The van der Waals surface area contributed by atoms with Crippen LogP contribution in [0.2, 0.25) is 0 Å². The fourth-order valence-corrected chi connectivity index (χ4v) is 1.75. The minimum Gasteiger partial charge on any atom is -0.766 e. The standard InChI is InChI=1S/C14H17NO5S/c1-4-19-13(16)11(12(21)14(17)20-5-2)15-8-6-10(18-3)7-9-15/h6-9H,4-5H2,1-3H3. The predicted molar refractivity (Wildman–Crippen MR) is 77.0 cm³/mol. The molecule has 1 rings (SSSR count). The molecule has 1 heterocycles. The molecule has 0 aliphatic rings. The summed E-state index contributed by atoms with van der Waals surface area (Å²) < 4.78 is 16.2. The van der Waals surface area contributed by atoms with Gasteiger partial charge in [-0.3, -0.25) is 0 Å². The van der Waals surface area contributed by atoms with E-state index in [1.54, 1.807) is 38.4 Å². The molecule has 0 fully saturated rings. The molecule has 0 radical (unpaired) electrons. The zero-order chi connectivity index (χ0) is 15.8. The quantitative estimate of drug-likeness (QED) is 0.335. The summed E-state index contributed by atoms with van der Waals surface area (Å²) in [5, 5.41) is 0. The second kappa shape index (κ2) is 8.21. The van der Waals surface area contributed by atoms with Gasteiger partial charge in [-0.05, 0) is 18.8 Å². The number of carbonyl (C=O) groups is 2. The highest BCUT2D eigenvalue weighted by Gasteiger charge is 2.25. The van der Waals surface area contributed by atoms with Gasteiger partial charge in [0.15, 0.2) is 12.4 Å². The van der Waals surface area contributed by atoms with Crippen LogP contribution in [0.25, 0.3) is 5.70 Å². The van der Waals surface area contributed by atoms with E-state index in [9.17, 15) is 9.59 Å². The molecule has 0 unspecified atom stereocenters. The first-order valence-electron chi connectivity index (χ1n) is 6.36. The van der Waals surface area contributed by atoms with E-state index in [0.717, 1.165) is 0 Å². The van der Waals surface area contributed by atoms with E-state index in [-0.39, 0.29) is 23.8 Å². The predicted octanol–water partition coefficient (Wildman–Crippen LogP) is 0.824. The summed E-state index contributed by atoms with van der Waals surface area (Å²) in [6.07, 6.45) is 3.10. The maximum absolute atomic E-state index is 12.0. The van der Waals surface area contributed by atoms with E-state index in [4.69, 9.17) is 26.8 Å². The van der Waals surface area contributed by atoms with Crippen molar-refractivity contribution in [2.45, 2.75) is 13.8 Å². The van der Waals surface area contributed by atoms with Crippen molar-refractivity contribution in [2.24, 2.45) is 0 Å². The minimum atomic E-state index is -0.737. The summed E-state index contributed by atoms with van der Waals surface area (Å²) >= 11 is 5.03. The van der Waals surface area contributed by atoms with Gasteiger partial charge in [0.05, 0.1) is 20.3 Å². The van der Waals surface area contributed by atoms with Crippen LogP contribution in [0.5, 0.6) is 5.75 Å². The lowest BCUT2D eigenvalue weighted by Crippen LogP contribution is -2.38. The molecule has 1 aromatic rings. The number of hydrogen-bond donors (Lipinski definition) is 0. The molecule has 0 aliphatic carbocycles. The van der Waals surface area contributed by atoms with Crippen molar-refractivity contribution in [3.05, 3.63) is 29.4 Å². The van der Waals surface area contributed by atoms with Crippen LogP contribution in [0.3, 0.4) is 0 Å². The molecule has 21 heavy (non-hydrogen) atoms. The Morgan fingerprint density at radius 2 is 1.62 bits per heavy atom. The third kappa shape index (κ3) is 4.42. The molecule has 6 nitrogen and oxygen atoms in total. The Bertz CT molecular complexity index is 539. The van der Waals surface area contributed by atoms with Gasteiger partial charge in [-0.15, -0.1) is 0 Å². The largest absolute Gasteiger partial charge is 0.766 e. The lowest BCUT2D eigenvalue weighted by atomic mass is 10.3. The first kappa shape index (κ1) is 16.9. The normalized spacial score (nSPS) is 11.4. The zero-order valence-corrected chi connectivity index (χ0v) is 12.9. The maximum atomic E-state index is 12.0. The van der Waals surface area contributed by atoms with Crippen molar-refractivity contribution in [2.75, 3.05) is 20.3 Å². The van der Waals surface area contributed by atoms with E-state index in [1.807, 2.05) is 0 Å². The van der Waals surface area contributed by atoms with Crippen LogP contribution < -0.4 is 9.30 Å². The molecule has 7 heteroatoms. The molecule has 0 aliphatic heterocycles. The molecular formula is C14H17NO5S. The van der Waals surface area contributed by atoms with Gasteiger partial charge < -0.3 is 26.8 Å². The fraction of sp³-hybridized carbons (Fsp3) is 0.357. The van der Waals surface area contributed by atoms with Crippen LogP contribution >= 0.6 is 0 Å². The molecule has 114 valence electrons. The number of carbonyl (C=O) groups excluding carboxylic acids is 2. The van der Waals surface area contributed by atoms with E-state index >= 15 is 0 Å². The molecule has 0 atom stereocenters. The number of methoxy groups -OCH3 is 1. The monoisotopic (exact) mass is 311 g/mol. The van der Waals surface area contributed by atoms with Crippen molar-refractivity contribution in [3.8, 4) is 5.75 Å². The number of esters is 2. The van der Waals surface area contributed by atoms with Gasteiger partial charge in [-0.1, -0.05) is 0 Å². The lowest BCUT2D eigenvalue weighted by molar-refractivity contribution is -0.578. The third-order valence-corrected chi connectivity index (χ3v) is 2.80. The third-order valence-electron chi connectivity index (χ3n) is 2.44. The van der Waals surface area contributed by atoms with Gasteiger partial charge in [0, 0.05) is 12.1 Å². The molecule has 1 aromatic heterocycles. The van der Waals surface area contributed by atoms with Gasteiger partial charge in [0.1, 0.15) is 5.75 Å². The van der Waals surface area contributed by atoms with Crippen LogP contribution in [-0.2, 0) is 31.7 Å². The molecule has 0 N–H and O–H groups in total. The average molecular weight is 311 g/mol. The Balaban J connectivity index is 3.26. The molecule has 0 amide bonds. The highest BCUT2D eigenvalue weighted by molar-refractivity contribution is 7.65. The number of hydrogen-bond acceptors (Lipinski definition) is 6. The SMILES string of the molecule is CCOC(=O)/C([S-])=C(\C(=O)OCC)[n+]1ccc(OC)cc1. The van der Waals surface area contributed by atoms with E-state index < -0.39 is 11.9 Å². The highest BCUT2D eigenvalue weighted by Crippen LogP contribution is 2.11. The van der Waals surface area contributed by atoms with Crippen molar-refractivity contribution >= 4 is 30.3 Å². The van der Waals surface area contributed by atoms with Gasteiger partial charge in [-0.25, -0.2) is 9.59 Å². The van der Waals surface area contributed by atoms with Gasteiger partial charge >= 0.3 is 11.9 Å². The average Bonchev–Trinajstić information content (AvgIpc) is 2.48. The Morgan fingerprint density at radius 1 is 1.10 bits per heavy atom. The Hall–Kier alpha value is -2.15. The van der Waals surface area contributed by atoms with Crippen LogP contribution in [0.1, 0.15) is 13.8 Å². The summed E-state index contributed by atoms with van der Waals surface area (Å²) in [4.78, 5) is 23.6. The number of rotatable bonds is 6. The molecule has 0 spiro atoms. The Morgan fingerprint density at radius 3 is 2.10 bits per heavy atom. The summed E-state index contributed by atoms with van der Waals surface area (Å²) in [6.45, 7) is 3.67. The Labute approximate surface area is 128 Å². The van der Waals surface area contributed by atoms with Crippen molar-refractivity contribution in [1.82, 2.24) is 0 Å². The van der Waals surface area contributed by atoms with Crippen molar-refractivity contribution in [1.29, 1.82) is 0 Å². The zero-order valence-electron chi connectivity index (χ0n) is 12.1. The maximum Gasteiger partial charge on any atom is 0.402 e. The van der Waals surface area contributed by atoms with Crippen LogP contribution in [0.4, 0.5) is 0 Å². The van der Waals surface area contributed by atoms with E-state index in [2.05, 4.69) is 0 Å². The molecule has 0 saturated carbocycles. The summed E-state index contributed by atoms with van der Waals surface area (Å²) in [6, 6.07) is 3.26. The highest BCUT2D eigenvalue weighted by atomic mass is 32.1. The molecular weight excluding hydrogens is 294 g/mol. The van der Waals surface area contributed by atoms with Crippen LogP contribution in [-0.4, -0.2) is 32.3 Å². The molecule has 0 saturated heterocycles. The smallest absolute Gasteiger partial charge is 0.402 e. The van der Waals surface area contributed by atoms with Gasteiger partial charge in [0.2, 0.25) is 0 Å². The van der Waals surface area contributed by atoms with Crippen molar-refractivity contribution < 1.29 is 28.4 Å².